The number of hydrogen-bond donors (Lipinski definition) is 2. The van der Waals surface area contributed by atoms with E-state index in [1.165, 1.54) is 22.5 Å². The van der Waals surface area contributed by atoms with E-state index in [0.717, 1.165) is 11.4 Å². The minimum Gasteiger partial charge on any atom is -0.355 e. The van der Waals surface area contributed by atoms with Crippen LogP contribution in [-0.4, -0.2) is 8.42 Å². The number of hydrogen-bond acceptors (Lipinski definition) is 4. The molecule has 4 nitrogen and oxygen atoms in total. The lowest BCUT2D eigenvalue weighted by molar-refractivity contribution is 0.603. The third kappa shape index (κ3) is 3.60. The number of nitrogens with one attached hydrogen (secondary N) is 2. The Labute approximate surface area is 146 Å². The van der Waals surface area contributed by atoms with E-state index in [-0.39, 0.29) is 0 Å². The topological polar surface area (TPSA) is 58.2 Å². The van der Waals surface area contributed by atoms with Crippen molar-refractivity contribution in [3.8, 4) is 0 Å². The summed E-state index contributed by atoms with van der Waals surface area (Å²) in [7, 11) is -3.51. The van der Waals surface area contributed by atoms with Crippen molar-refractivity contribution < 1.29 is 8.42 Å². The summed E-state index contributed by atoms with van der Waals surface area (Å²) in [5, 5.41) is 5.10. The van der Waals surface area contributed by atoms with Gasteiger partial charge in [-0.25, -0.2) is 8.42 Å². The van der Waals surface area contributed by atoms with Gasteiger partial charge in [-0.1, -0.05) is 18.2 Å². The van der Waals surface area contributed by atoms with Crippen molar-refractivity contribution in [1.82, 2.24) is 0 Å². The van der Waals surface area contributed by atoms with E-state index in [4.69, 9.17) is 0 Å². The van der Waals surface area contributed by atoms with Crippen molar-refractivity contribution in [2.45, 2.75) is 18.1 Å². The smallest absolute Gasteiger partial charge is 0.271 e. The van der Waals surface area contributed by atoms with Gasteiger partial charge in [0, 0.05) is 17.1 Å². The van der Waals surface area contributed by atoms with Crippen LogP contribution in [0.4, 0.5) is 17.1 Å². The highest BCUT2D eigenvalue weighted by molar-refractivity contribution is 7.94. The summed E-state index contributed by atoms with van der Waals surface area (Å²) >= 11 is 1.19. The molecule has 6 heteroatoms. The summed E-state index contributed by atoms with van der Waals surface area (Å²) in [6.07, 6.45) is 0. The van der Waals surface area contributed by atoms with Gasteiger partial charge in [-0.15, -0.1) is 11.3 Å². The molecule has 0 amide bonds. The van der Waals surface area contributed by atoms with Crippen LogP contribution in [0, 0.1) is 13.8 Å². The summed E-state index contributed by atoms with van der Waals surface area (Å²) in [5.41, 5.74) is 4.90. The summed E-state index contributed by atoms with van der Waals surface area (Å²) in [6, 6.07) is 16.6. The highest BCUT2D eigenvalue weighted by atomic mass is 32.2. The molecule has 1 aromatic heterocycles. The van der Waals surface area contributed by atoms with Crippen LogP contribution in [0.5, 0.6) is 0 Å². The fraction of sp³-hybridized carbons (Fsp3) is 0.111. The Morgan fingerprint density at radius 2 is 1.58 bits per heavy atom. The third-order valence-corrected chi connectivity index (χ3v) is 6.56. The third-order valence-electron chi connectivity index (χ3n) is 3.78. The number of benzene rings is 2. The molecular formula is C18H18N2O2S2. The van der Waals surface area contributed by atoms with Gasteiger partial charge in [-0.05, 0) is 66.8 Å². The first-order chi connectivity index (χ1) is 11.5. The lowest BCUT2D eigenvalue weighted by Crippen LogP contribution is -2.11. The highest BCUT2D eigenvalue weighted by Crippen LogP contribution is 2.25. The van der Waals surface area contributed by atoms with E-state index < -0.39 is 10.0 Å². The first-order valence-electron chi connectivity index (χ1n) is 7.45. The van der Waals surface area contributed by atoms with Crippen molar-refractivity contribution in [1.29, 1.82) is 0 Å². The summed E-state index contributed by atoms with van der Waals surface area (Å²) in [6.45, 7) is 4.14. The molecular weight excluding hydrogens is 340 g/mol. The average molecular weight is 358 g/mol. The van der Waals surface area contributed by atoms with E-state index >= 15 is 0 Å². The fourth-order valence-electron chi connectivity index (χ4n) is 2.29. The molecule has 2 N–H and O–H groups in total. The fourth-order valence-corrected chi connectivity index (χ4v) is 4.34. The standard InChI is InChI=1S/C18H18N2O2S2/c1-13-5-3-6-17(14(13)2)19-15-8-10-16(11-9-15)20-24(21,22)18-7-4-12-23-18/h3-12,19-20H,1-2H3. The first kappa shape index (κ1) is 16.5. The maximum atomic E-state index is 12.2. The minimum atomic E-state index is -3.51. The van der Waals surface area contributed by atoms with E-state index in [0.29, 0.717) is 9.90 Å². The molecule has 0 aliphatic carbocycles. The zero-order chi connectivity index (χ0) is 17.2. The predicted octanol–water partition coefficient (Wildman–Crippen LogP) is 4.91. The van der Waals surface area contributed by atoms with Gasteiger partial charge in [0.15, 0.2) is 0 Å². The second-order valence-corrected chi connectivity index (χ2v) is 8.34. The van der Waals surface area contributed by atoms with Gasteiger partial charge in [0.1, 0.15) is 4.21 Å². The van der Waals surface area contributed by atoms with Gasteiger partial charge in [0.25, 0.3) is 10.0 Å². The monoisotopic (exact) mass is 358 g/mol. The Morgan fingerprint density at radius 3 is 2.25 bits per heavy atom. The molecule has 24 heavy (non-hydrogen) atoms. The Morgan fingerprint density at radius 1 is 0.875 bits per heavy atom. The molecule has 0 bridgehead atoms. The van der Waals surface area contributed by atoms with Crippen LogP contribution < -0.4 is 10.0 Å². The maximum absolute atomic E-state index is 12.2. The normalized spacial score (nSPS) is 11.2. The summed E-state index contributed by atoms with van der Waals surface area (Å²) in [4.78, 5) is 0. The molecule has 2 aromatic carbocycles. The Bertz CT molecular complexity index is 932. The molecule has 3 rings (SSSR count). The van der Waals surface area contributed by atoms with Crippen LogP contribution in [0.2, 0.25) is 0 Å². The molecule has 0 aliphatic heterocycles. The van der Waals surface area contributed by atoms with Gasteiger partial charge < -0.3 is 5.32 Å². The minimum absolute atomic E-state index is 0.306. The Balaban J connectivity index is 1.75. The summed E-state index contributed by atoms with van der Waals surface area (Å²) in [5.74, 6) is 0. The number of thiophene rings is 1. The number of aryl methyl sites for hydroxylation is 1. The molecule has 3 aromatic rings. The van der Waals surface area contributed by atoms with Gasteiger partial charge >= 0.3 is 0 Å². The molecule has 1 heterocycles. The van der Waals surface area contributed by atoms with Crippen LogP contribution in [0.1, 0.15) is 11.1 Å². The Hall–Kier alpha value is -2.31. The zero-order valence-corrected chi connectivity index (χ0v) is 15.0. The molecule has 0 fully saturated rings. The number of anilines is 3. The molecule has 124 valence electrons. The first-order valence-corrected chi connectivity index (χ1v) is 9.81. The van der Waals surface area contributed by atoms with Gasteiger partial charge in [-0.2, -0.15) is 0 Å². The molecule has 0 saturated heterocycles. The Kier molecular flexibility index (Phi) is 4.59. The van der Waals surface area contributed by atoms with Crippen molar-refractivity contribution in [3.63, 3.8) is 0 Å². The number of sulfonamides is 1. The van der Waals surface area contributed by atoms with Crippen LogP contribution in [0.15, 0.2) is 64.2 Å². The second kappa shape index (κ2) is 6.67. The molecule has 0 unspecified atom stereocenters. The van der Waals surface area contributed by atoms with Crippen LogP contribution in [0.3, 0.4) is 0 Å². The molecule has 0 radical (unpaired) electrons. The highest BCUT2D eigenvalue weighted by Gasteiger charge is 2.14. The summed E-state index contributed by atoms with van der Waals surface area (Å²) < 4.78 is 27.3. The SMILES string of the molecule is Cc1cccc(Nc2ccc(NS(=O)(=O)c3cccs3)cc2)c1C. The average Bonchev–Trinajstić information content (AvgIpc) is 3.09. The van der Waals surface area contributed by atoms with Crippen molar-refractivity contribution in [3.05, 3.63) is 71.1 Å². The van der Waals surface area contributed by atoms with Crippen molar-refractivity contribution in [2.75, 3.05) is 10.0 Å². The van der Waals surface area contributed by atoms with E-state index in [1.807, 2.05) is 24.3 Å². The van der Waals surface area contributed by atoms with Crippen LogP contribution in [-0.2, 0) is 10.0 Å². The van der Waals surface area contributed by atoms with Gasteiger partial charge in [0.2, 0.25) is 0 Å². The molecule has 0 spiro atoms. The van der Waals surface area contributed by atoms with Crippen LogP contribution in [0.25, 0.3) is 0 Å². The van der Waals surface area contributed by atoms with Crippen molar-refractivity contribution in [2.24, 2.45) is 0 Å². The zero-order valence-electron chi connectivity index (χ0n) is 13.4. The lowest BCUT2D eigenvalue weighted by Gasteiger charge is -2.12. The molecule has 0 saturated carbocycles. The van der Waals surface area contributed by atoms with E-state index in [9.17, 15) is 8.42 Å². The predicted molar refractivity (Wildman–Crippen MR) is 101 cm³/mol. The maximum Gasteiger partial charge on any atom is 0.271 e. The van der Waals surface area contributed by atoms with Gasteiger partial charge in [-0.3, -0.25) is 4.72 Å². The second-order valence-electron chi connectivity index (χ2n) is 5.49. The van der Waals surface area contributed by atoms with Gasteiger partial charge in [0.05, 0.1) is 0 Å². The largest absolute Gasteiger partial charge is 0.355 e. The molecule has 0 atom stereocenters. The van der Waals surface area contributed by atoms with E-state index in [1.54, 1.807) is 29.6 Å². The molecule has 0 aliphatic rings. The van der Waals surface area contributed by atoms with Crippen LogP contribution >= 0.6 is 11.3 Å². The number of rotatable bonds is 5. The van der Waals surface area contributed by atoms with E-state index in [2.05, 4.69) is 30.0 Å². The quantitative estimate of drug-likeness (QED) is 0.681. The van der Waals surface area contributed by atoms with Crippen molar-refractivity contribution >= 4 is 38.4 Å². The lowest BCUT2D eigenvalue weighted by atomic mass is 10.1.